The van der Waals surface area contributed by atoms with Crippen LogP contribution in [0.25, 0.3) is 0 Å². The number of carbonyl (C=O) groups excluding carboxylic acids is 2. The Morgan fingerprint density at radius 1 is 1.35 bits per heavy atom. The number of rotatable bonds is 9. The van der Waals surface area contributed by atoms with Crippen molar-refractivity contribution in [2.75, 3.05) is 0 Å². The van der Waals surface area contributed by atoms with Crippen LogP contribution in [-0.4, -0.2) is 11.6 Å². The van der Waals surface area contributed by atoms with E-state index in [1.54, 1.807) is 6.08 Å². The average Bonchev–Trinajstić information content (AvgIpc) is 2.53. The lowest BCUT2D eigenvalue weighted by Crippen LogP contribution is -2.21. The monoisotopic (exact) mass is 315 g/mol. The van der Waals surface area contributed by atoms with E-state index >= 15 is 0 Å². The third-order valence-corrected chi connectivity index (χ3v) is 4.15. The van der Waals surface area contributed by atoms with Crippen LogP contribution in [-0.2, 0) is 9.59 Å². The maximum atomic E-state index is 12.2. The number of nitrogens with one attached hydrogen (secondary N) is 1. The summed E-state index contributed by atoms with van der Waals surface area (Å²) in [5.74, 6) is 0.116. The fourth-order valence-corrected chi connectivity index (χ4v) is 2.39. The molecule has 1 rings (SSSR count). The first-order valence-electron chi connectivity index (χ1n) is 8.44. The van der Waals surface area contributed by atoms with Gasteiger partial charge in [0.05, 0.1) is 5.57 Å². The molecule has 0 radical (unpaired) electrons. The number of ketones is 2. The Hall–Kier alpha value is -1.90. The van der Waals surface area contributed by atoms with E-state index in [0.29, 0.717) is 17.9 Å². The van der Waals surface area contributed by atoms with Crippen molar-refractivity contribution in [3.05, 3.63) is 47.9 Å². The van der Waals surface area contributed by atoms with Crippen LogP contribution >= 0.6 is 0 Å². The quantitative estimate of drug-likeness (QED) is 0.638. The fourth-order valence-electron chi connectivity index (χ4n) is 2.39. The Labute approximate surface area is 140 Å². The molecule has 1 aliphatic rings. The number of allylic oxidation sites excluding steroid dienone is 6. The van der Waals surface area contributed by atoms with Gasteiger partial charge in [-0.2, -0.15) is 0 Å². The molecule has 0 aromatic carbocycles. The first-order chi connectivity index (χ1) is 10.9. The molecule has 0 heterocycles. The highest BCUT2D eigenvalue weighted by Gasteiger charge is 2.25. The normalized spacial score (nSPS) is 16.3. The van der Waals surface area contributed by atoms with Crippen molar-refractivity contribution >= 4 is 11.6 Å². The predicted octanol–water partition coefficient (Wildman–Crippen LogP) is 4.48. The summed E-state index contributed by atoms with van der Waals surface area (Å²) in [6.45, 7) is 11.7. The summed E-state index contributed by atoms with van der Waals surface area (Å²) in [7, 11) is 0. The molecule has 23 heavy (non-hydrogen) atoms. The van der Waals surface area contributed by atoms with Crippen molar-refractivity contribution in [3.8, 4) is 0 Å². The summed E-state index contributed by atoms with van der Waals surface area (Å²) in [5.41, 5.74) is 2.48. The van der Waals surface area contributed by atoms with Crippen molar-refractivity contribution < 1.29 is 9.59 Å². The molecule has 0 fully saturated rings. The van der Waals surface area contributed by atoms with E-state index in [1.165, 1.54) is 0 Å². The minimum absolute atomic E-state index is 0.0375. The molecule has 126 valence electrons. The van der Waals surface area contributed by atoms with Crippen molar-refractivity contribution in [3.63, 3.8) is 0 Å². The summed E-state index contributed by atoms with van der Waals surface area (Å²) in [4.78, 5) is 24.1. The van der Waals surface area contributed by atoms with Crippen LogP contribution < -0.4 is 5.32 Å². The topological polar surface area (TPSA) is 46.2 Å². The Bertz CT molecular complexity index is 550. The molecular weight excluding hydrogens is 286 g/mol. The summed E-state index contributed by atoms with van der Waals surface area (Å²) >= 11 is 0. The van der Waals surface area contributed by atoms with Gasteiger partial charge in [-0.3, -0.25) is 9.59 Å². The molecular formula is C20H29NO2. The van der Waals surface area contributed by atoms with Gasteiger partial charge >= 0.3 is 0 Å². The van der Waals surface area contributed by atoms with Gasteiger partial charge < -0.3 is 5.32 Å². The van der Waals surface area contributed by atoms with Gasteiger partial charge in [0.1, 0.15) is 0 Å². The van der Waals surface area contributed by atoms with Crippen LogP contribution in [0.4, 0.5) is 0 Å². The van der Waals surface area contributed by atoms with E-state index in [2.05, 4.69) is 31.8 Å². The van der Waals surface area contributed by atoms with Gasteiger partial charge in [0.15, 0.2) is 11.6 Å². The van der Waals surface area contributed by atoms with Gasteiger partial charge in [-0.05, 0) is 37.5 Å². The maximum Gasteiger partial charge on any atom is 0.170 e. The first-order valence-corrected chi connectivity index (χ1v) is 8.44. The molecule has 3 heteroatoms. The molecule has 0 spiro atoms. The second-order valence-corrected chi connectivity index (χ2v) is 6.42. The Kier molecular flexibility index (Phi) is 7.73. The van der Waals surface area contributed by atoms with Crippen LogP contribution in [0.1, 0.15) is 53.4 Å². The van der Waals surface area contributed by atoms with Crippen LogP contribution in [0.5, 0.6) is 0 Å². The minimum atomic E-state index is -0.131. The van der Waals surface area contributed by atoms with Gasteiger partial charge in [0, 0.05) is 18.0 Å². The van der Waals surface area contributed by atoms with Gasteiger partial charge in [0.2, 0.25) is 0 Å². The highest BCUT2D eigenvalue weighted by Crippen LogP contribution is 2.26. The molecule has 1 N–H and O–H groups in total. The van der Waals surface area contributed by atoms with Gasteiger partial charge in [-0.25, -0.2) is 0 Å². The summed E-state index contributed by atoms with van der Waals surface area (Å²) in [6.07, 6.45) is 10.9. The van der Waals surface area contributed by atoms with E-state index in [4.69, 9.17) is 0 Å². The summed E-state index contributed by atoms with van der Waals surface area (Å²) in [6, 6.07) is 0. The van der Waals surface area contributed by atoms with Crippen LogP contribution in [0.2, 0.25) is 0 Å². The lowest BCUT2D eigenvalue weighted by Gasteiger charge is -2.19. The zero-order chi connectivity index (χ0) is 17.4. The second kappa shape index (κ2) is 9.29. The van der Waals surface area contributed by atoms with E-state index in [9.17, 15) is 9.59 Å². The zero-order valence-electron chi connectivity index (χ0n) is 14.8. The predicted molar refractivity (Wildman–Crippen MR) is 95.7 cm³/mol. The van der Waals surface area contributed by atoms with E-state index in [-0.39, 0.29) is 17.5 Å². The molecule has 0 amide bonds. The third-order valence-electron chi connectivity index (χ3n) is 4.15. The number of hydrogen-bond donors (Lipinski definition) is 1. The van der Waals surface area contributed by atoms with Crippen LogP contribution in [0, 0.1) is 11.8 Å². The third kappa shape index (κ3) is 6.01. The SMILES string of the molecule is C=C(CC)N/C=C/CCC(C)C1=CC=C(C(=O)C(C)C)C(=O)C1. The summed E-state index contributed by atoms with van der Waals surface area (Å²) < 4.78 is 0. The van der Waals surface area contributed by atoms with Crippen molar-refractivity contribution in [1.29, 1.82) is 0 Å². The van der Waals surface area contributed by atoms with E-state index in [1.807, 2.05) is 26.1 Å². The lowest BCUT2D eigenvalue weighted by atomic mass is 9.84. The fraction of sp³-hybridized carbons (Fsp3) is 0.500. The average molecular weight is 315 g/mol. The van der Waals surface area contributed by atoms with Crippen molar-refractivity contribution in [1.82, 2.24) is 5.32 Å². The van der Waals surface area contributed by atoms with Crippen molar-refractivity contribution in [2.24, 2.45) is 11.8 Å². The standard InChI is InChI=1S/C20H29NO2/c1-6-16(5)21-12-8-7-9-15(4)17-10-11-18(19(22)13-17)20(23)14(2)3/h8,10-12,14-15,21H,5-7,9,13H2,1-4H3/b12-8+. The molecule has 0 aromatic rings. The lowest BCUT2D eigenvalue weighted by molar-refractivity contribution is -0.122. The zero-order valence-corrected chi connectivity index (χ0v) is 14.8. The van der Waals surface area contributed by atoms with Crippen LogP contribution in [0.15, 0.2) is 47.9 Å². The highest BCUT2D eigenvalue weighted by atomic mass is 16.1. The molecule has 0 saturated carbocycles. The second-order valence-electron chi connectivity index (χ2n) is 6.42. The number of Topliss-reactive ketones (excluding diaryl/α,β-unsaturated/α-hetero) is 2. The molecule has 0 aromatic heterocycles. The number of carbonyl (C=O) groups is 2. The summed E-state index contributed by atoms with van der Waals surface area (Å²) in [5, 5.41) is 3.13. The van der Waals surface area contributed by atoms with E-state index in [0.717, 1.165) is 30.5 Å². The molecule has 3 nitrogen and oxygen atoms in total. The van der Waals surface area contributed by atoms with Crippen molar-refractivity contribution in [2.45, 2.75) is 53.4 Å². The molecule has 0 aliphatic heterocycles. The molecule has 1 aliphatic carbocycles. The van der Waals surface area contributed by atoms with Gasteiger partial charge in [0.25, 0.3) is 0 Å². The maximum absolute atomic E-state index is 12.2. The van der Waals surface area contributed by atoms with Gasteiger partial charge in [-0.15, -0.1) is 0 Å². The Morgan fingerprint density at radius 3 is 2.61 bits per heavy atom. The molecule has 0 bridgehead atoms. The Balaban J connectivity index is 2.55. The molecule has 1 atom stereocenters. The van der Waals surface area contributed by atoms with E-state index < -0.39 is 0 Å². The Morgan fingerprint density at radius 2 is 2.04 bits per heavy atom. The molecule has 0 saturated heterocycles. The smallest absolute Gasteiger partial charge is 0.170 e. The number of hydrogen-bond acceptors (Lipinski definition) is 3. The highest BCUT2D eigenvalue weighted by molar-refractivity contribution is 6.22. The molecule has 1 unspecified atom stereocenters. The minimum Gasteiger partial charge on any atom is -0.366 e. The first kappa shape index (κ1) is 19.1. The van der Waals surface area contributed by atoms with Gasteiger partial charge in [-0.1, -0.05) is 52.0 Å². The largest absolute Gasteiger partial charge is 0.366 e. The van der Waals surface area contributed by atoms with Crippen LogP contribution in [0.3, 0.4) is 0 Å².